The Hall–Kier alpha value is -1.28. The number of aryl methyl sites for hydroxylation is 1. The van der Waals surface area contributed by atoms with Gasteiger partial charge in [-0.3, -0.25) is 0 Å². The molecule has 2 rings (SSSR count). The van der Waals surface area contributed by atoms with Gasteiger partial charge in [-0.1, -0.05) is 40.2 Å². The molecule has 82 valence electrons. The molecule has 0 aliphatic carbocycles. The quantitative estimate of drug-likeness (QED) is 0.806. The Balaban J connectivity index is 2.20. The van der Waals surface area contributed by atoms with Crippen molar-refractivity contribution in [1.82, 2.24) is 0 Å². The summed E-state index contributed by atoms with van der Waals surface area (Å²) in [6.45, 7) is 2.10. The van der Waals surface area contributed by atoms with E-state index >= 15 is 0 Å². The second-order valence-corrected chi connectivity index (χ2v) is 4.39. The Morgan fingerprint density at radius 3 is 2.38 bits per heavy atom. The van der Waals surface area contributed by atoms with Gasteiger partial charge in [0.15, 0.2) is 0 Å². The zero-order valence-electron chi connectivity index (χ0n) is 9.20. The highest BCUT2D eigenvalue weighted by molar-refractivity contribution is 9.08. The fourth-order valence-electron chi connectivity index (χ4n) is 1.62. The van der Waals surface area contributed by atoms with E-state index in [2.05, 4.69) is 76.7 Å². The first kappa shape index (κ1) is 11.2. The first-order valence-electron chi connectivity index (χ1n) is 5.26. The lowest BCUT2D eigenvalue weighted by atomic mass is 10.2. The fraction of sp³-hybridized carbons (Fsp3) is 0.143. The molecule has 0 spiro atoms. The molecule has 2 aromatic rings. The highest BCUT2D eigenvalue weighted by Crippen LogP contribution is 2.19. The molecular formula is C14H14BrN. The van der Waals surface area contributed by atoms with Crippen molar-refractivity contribution in [3.63, 3.8) is 0 Å². The maximum absolute atomic E-state index is 3.46. The predicted molar refractivity (Wildman–Crippen MR) is 73.5 cm³/mol. The Bertz CT molecular complexity index is 480. The third kappa shape index (κ3) is 2.86. The van der Waals surface area contributed by atoms with E-state index in [0.29, 0.717) is 0 Å². The molecule has 1 nitrogen and oxygen atoms in total. The van der Waals surface area contributed by atoms with Crippen LogP contribution >= 0.6 is 15.9 Å². The van der Waals surface area contributed by atoms with Crippen molar-refractivity contribution in [3.05, 3.63) is 59.7 Å². The summed E-state index contributed by atoms with van der Waals surface area (Å²) in [6.07, 6.45) is 0. The molecule has 0 aliphatic heterocycles. The van der Waals surface area contributed by atoms with Gasteiger partial charge >= 0.3 is 0 Å². The minimum absolute atomic E-state index is 0.885. The van der Waals surface area contributed by atoms with Crippen LogP contribution in [0.2, 0.25) is 0 Å². The Morgan fingerprint density at radius 1 is 1.00 bits per heavy atom. The normalized spacial score (nSPS) is 10.1. The van der Waals surface area contributed by atoms with Gasteiger partial charge in [-0.25, -0.2) is 0 Å². The van der Waals surface area contributed by atoms with Crippen molar-refractivity contribution >= 4 is 27.3 Å². The van der Waals surface area contributed by atoms with Gasteiger partial charge in [0, 0.05) is 16.7 Å². The fourth-order valence-corrected chi connectivity index (χ4v) is 1.97. The zero-order chi connectivity index (χ0) is 11.4. The molecule has 0 aliphatic rings. The molecule has 0 amide bonds. The maximum Gasteiger partial charge on any atom is 0.0387 e. The Labute approximate surface area is 105 Å². The van der Waals surface area contributed by atoms with E-state index in [1.54, 1.807) is 0 Å². The van der Waals surface area contributed by atoms with Crippen LogP contribution in [-0.2, 0) is 5.33 Å². The number of alkyl halides is 1. The lowest BCUT2D eigenvalue weighted by Crippen LogP contribution is -1.91. The van der Waals surface area contributed by atoms with Crippen molar-refractivity contribution in [2.24, 2.45) is 0 Å². The molecule has 2 aromatic carbocycles. The molecular weight excluding hydrogens is 262 g/mol. The molecule has 0 aromatic heterocycles. The molecule has 1 N–H and O–H groups in total. The van der Waals surface area contributed by atoms with Crippen molar-refractivity contribution in [3.8, 4) is 0 Å². The Kier molecular flexibility index (Phi) is 3.62. The lowest BCUT2D eigenvalue weighted by molar-refractivity contribution is 1.41. The van der Waals surface area contributed by atoms with E-state index in [-0.39, 0.29) is 0 Å². The van der Waals surface area contributed by atoms with E-state index in [0.717, 1.165) is 16.7 Å². The molecule has 0 saturated carbocycles. The first-order valence-corrected chi connectivity index (χ1v) is 6.39. The number of hydrogen-bond acceptors (Lipinski definition) is 1. The van der Waals surface area contributed by atoms with Crippen LogP contribution in [0.5, 0.6) is 0 Å². The first-order chi connectivity index (χ1) is 7.78. The van der Waals surface area contributed by atoms with Crippen molar-refractivity contribution in [2.75, 3.05) is 5.32 Å². The molecule has 2 heteroatoms. The number of benzene rings is 2. The van der Waals surface area contributed by atoms with Gasteiger partial charge in [-0.2, -0.15) is 0 Å². The van der Waals surface area contributed by atoms with Crippen LogP contribution in [0.4, 0.5) is 11.4 Å². The summed E-state index contributed by atoms with van der Waals surface area (Å²) in [5.41, 5.74) is 4.80. The third-order valence-corrected chi connectivity index (χ3v) is 3.04. The lowest BCUT2D eigenvalue weighted by Gasteiger charge is -2.08. The van der Waals surface area contributed by atoms with Crippen LogP contribution in [0, 0.1) is 6.92 Å². The highest BCUT2D eigenvalue weighted by Gasteiger charge is 1.96. The number of nitrogens with one attached hydrogen (secondary N) is 1. The summed E-state index contributed by atoms with van der Waals surface area (Å²) >= 11 is 3.46. The zero-order valence-corrected chi connectivity index (χ0v) is 10.8. The van der Waals surface area contributed by atoms with Crippen LogP contribution < -0.4 is 5.32 Å². The van der Waals surface area contributed by atoms with Crippen LogP contribution in [-0.4, -0.2) is 0 Å². The van der Waals surface area contributed by atoms with Crippen molar-refractivity contribution < 1.29 is 0 Å². The molecule has 16 heavy (non-hydrogen) atoms. The van der Waals surface area contributed by atoms with E-state index in [1.165, 1.54) is 11.1 Å². The number of anilines is 2. The smallest absolute Gasteiger partial charge is 0.0387 e. The summed E-state index contributed by atoms with van der Waals surface area (Å²) < 4.78 is 0. The SMILES string of the molecule is Cc1cccc(Nc2cccc(CBr)c2)c1. The predicted octanol–water partition coefficient (Wildman–Crippen LogP) is 4.63. The summed E-state index contributed by atoms with van der Waals surface area (Å²) in [5.74, 6) is 0. The van der Waals surface area contributed by atoms with Crippen LogP contribution in [0.25, 0.3) is 0 Å². The average Bonchev–Trinajstić information content (AvgIpc) is 2.29. The number of rotatable bonds is 3. The molecule has 0 bridgehead atoms. The molecule has 0 saturated heterocycles. The van der Waals surface area contributed by atoms with Crippen molar-refractivity contribution in [2.45, 2.75) is 12.3 Å². The van der Waals surface area contributed by atoms with E-state index < -0.39 is 0 Å². The second kappa shape index (κ2) is 5.17. The molecule has 0 unspecified atom stereocenters. The molecule has 0 heterocycles. The minimum atomic E-state index is 0.885. The van der Waals surface area contributed by atoms with Crippen molar-refractivity contribution in [1.29, 1.82) is 0 Å². The van der Waals surface area contributed by atoms with E-state index in [9.17, 15) is 0 Å². The minimum Gasteiger partial charge on any atom is -0.356 e. The summed E-state index contributed by atoms with van der Waals surface area (Å²) in [6, 6.07) is 16.8. The van der Waals surface area contributed by atoms with Gasteiger partial charge in [0.1, 0.15) is 0 Å². The second-order valence-electron chi connectivity index (χ2n) is 3.83. The summed E-state index contributed by atoms with van der Waals surface area (Å²) in [4.78, 5) is 0. The Morgan fingerprint density at radius 2 is 1.69 bits per heavy atom. The maximum atomic E-state index is 3.46. The van der Waals surface area contributed by atoms with Gasteiger partial charge in [0.2, 0.25) is 0 Å². The number of hydrogen-bond donors (Lipinski definition) is 1. The molecule has 0 radical (unpaired) electrons. The van der Waals surface area contributed by atoms with E-state index in [1.807, 2.05) is 0 Å². The average molecular weight is 276 g/mol. The number of halogens is 1. The van der Waals surface area contributed by atoms with Gasteiger partial charge < -0.3 is 5.32 Å². The summed E-state index contributed by atoms with van der Waals surface area (Å²) in [5, 5.41) is 4.28. The van der Waals surface area contributed by atoms with Gasteiger partial charge in [-0.15, -0.1) is 0 Å². The van der Waals surface area contributed by atoms with Gasteiger partial charge in [-0.05, 0) is 42.3 Å². The molecule has 0 fully saturated rings. The largest absolute Gasteiger partial charge is 0.356 e. The van der Waals surface area contributed by atoms with Gasteiger partial charge in [0.05, 0.1) is 0 Å². The van der Waals surface area contributed by atoms with Crippen LogP contribution in [0.15, 0.2) is 48.5 Å². The van der Waals surface area contributed by atoms with Crippen LogP contribution in [0.3, 0.4) is 0 Å². The monoisotopic (exact) mass is 275 g/mol. The highest BCUT2D eigenvalue weighted by atomic mass is 79.9. The standard InChI is InChI=1S/C14H14BrN/c1-11-4-2-6-13(8-11)16-14-7-3-5-12(9-14)10-15/h2-9,16H,10H2,1H3. The van der Waals surface area contributed by atoms with Crippen LogP contribution in [0.1, 0.15) is 11.1 Å². The van der Waals surface area contributed by atoms with Gasteiger partial charge in [0.25, 0.3) is 0 Å². The topological polar surface area (TPSA) is 12.0 Å². The van der Waals surface area contributed by atoms with E-state index in [4.69, 9.17) is 0 Å². The molecule has 0 atom stereocenters. The summed E-state index contributed by atoms with van der Waals surface area (Å²) in [7, 11) is 0. The third-order valence-electron chi connectivity index (χ3n) is 2.39.